The maximum absolute atomic E-state index is 14.3. The van der Waals surface area contributed by atoms with Crippen LogP contribution in [0.5, 0.6) is 0 Å². The summed E-state index contributed by atoms with van der Waals surface area (Å²) in [5.74, 6) is 0.519. The molecule has 4 saturated heterocycles. The number of amides is 4. The van der Waals surface area contributed by atoms with E-state index >= 15 is 0 Å². The van der Waals surface area contributed by atoms with E-state index < -0.39 is 29.6 Å². The summed E-state index contributed by atoms with van der Waals surface area (Å²) in [4.78, 5) is 76.2. The van der Waals surface area contributed by atoms with Crippen LogP contribution in [0, 0.1) is 33.1 Å². The molecule has 16 nitrogen and oxygen atoms in total. The maximum Gasteiger partial charge on any atom is 0.246 e. The highest BCUT2D eigenvalue weighted by atomic mass is 35.5. The molecule has 10 rings (SSSR count). The molecule has 8 heterocycles. The van der Waals surface area contributed by atoms with Crippen molar-refractivity contribution in [3.05, 3.63) is 104 Å². The molecular formula is C53H64ClN11O5S2. The lowest BCUT2D eigenvalue weighted by molar-refractivity contribution is -0.175. The number of nitrogens with one attached hydrogen (secondary N) is 2. The van der Waals surface area contributed by atoms with Crippen molar-refractivity contribution in [1.29, 1.82) is 0 Å². The number of hydrogen-bond donors (Lipinski definition) is 3. The molecule has 2 aromatic carbocycles. The van der Waals surface area contributed by atoms with Crippen LogP contribution >= 0.6 is 34.3 Å². The zero-order chi connectivity index (χ0) is 50.9. The lowest BCUT2D eigenvalue weighted by Crippen LogP contribution is -2.81. The van der Waals surface area contributed by atoms with E-state index in [0.29, 0.717) is 29.5 Å². The highest BCUT2D eigenvalue weighted by molar-refractivity contribution is 7.15. The summed E-state index contributed by atoms with van der Waals surface area (Å²) >= 11 is 9.58. The lowest BCUT2D eigenvalue weighted by Gasteiger charge is -2.64. The van der Waals surface area contributed by atoms with E-state index in [2.05, 4.69) is 54.0 Å². The van der Waals surface area contributed by atoms with Gasteiger partial charge in [-0.15, -0.1) is 32.9 Å². The van der Waals surface area contributed by atoms with Gasteiger partial charge in [0.25, 0.3) is 0 Å². The zero-order valence-corrected chi connectivity index (χ0v) is 44.6. The van der Waals surface area contributed by atoms with Crippen LogP contribution in [0.4, 0.5) is 0 Å². The molecule has 19 heteroatoms. The standard InChI is InChI=1S/C53H64ClN11O5S2/c1-28-31(4)72-52-45(28)46(34-13-15-36(54)16-14-34)57-39(49-60-59-32(5)65(49)52)22-44(68)63-25-41-42(63)24-62(41)37-17-19-61(20-18-37)26-43(67)58-48(53(6,7)8)51(70)64-23-38(66)21-40(64)50(69)56-29(2)33-9-11-35(12-10-33)47-30(3)55-27-71-47/h9-16,27,29,37-42,48,66H,17-26H2,1-8H3,(H,56,69)(H,58,67)/t29-,38+,39-,40-,41?,42-,48+/m0/s1. The van der Waals surface area contributed by atoms with Crippen LogP contribution in [0.1, 0.15) is 110 Å². The SMILES string of the molecule is Cc1ncsc1-c1ccc([C@H](C)NC(=O)[C@@H]2C[C@@H](O)CN2C(=O)[C@@H](NC(=O)CN2CCC(N3C[C@H]4C3CN4C(=O)C[C@@H]3N=C(c4ccc(Cl)cc4)c4c(sc(C)c4C)-n4c(C)nnc43)CC2)C(C)(C)C)cc1. The smallest absolute Gasteiger partial charge is 0.246 e. The number of likely N-dealkylation sites (tertiary alicyclic amines) is 4. The molecule has 4 amide bonds. The molecule has 5 aliphatic heterocycles. The van der Waals surface area contributed by atoms with Crippen LogP contribution in [-0.2, 0) is 19.2 Å². The van der Waals surface area contributed by atoms with Crippen LogP contribution in [0.15, 0.2) is 59.0 Å². The fourth-order valence-corrected chi connectivity index (χ4v) is 13.4. The molecule has 380 valence electrons. The number of aryl methyl sites for hydroxylation is 3. The van der Waals surface area contributed by atoms with Crippen molar-refractivity contribution in [3.63, 3.8) is 0 Å². The Morgan fingerprint density at radius 3 is 2.25 bits per heavy atom. The average molecular weight is 1030 g/mol. The number of piperidine rings is 1. The number of hydrogen-bond acceptors (Lipinski definition) is 13. The lowest BCUT2D eigenvalue weighted by atomic mass is 9.81. The first-order chi connectivity index (χ1) is 34.3. The Labute approximate surface area is 433 Å². The number of thiazole rings is 1. The minimum Gasteiger partial charge on any atom is -0.391 e. The van der Waals surface area contributed by atoms with E-state index in [-0.39, 0.29) is 61.6 Å². The molecule has 0 saturated carbocycles. The quantitative estimate of drug-likeness (QED) is 0.127. The molecule has 5 aliphatic rings. The Morgan fingerprint density at radius 2 is 1.60 bits per heavy atom. The Balaban J connectivity index is 0.716. The van der Waals surface area contributed by atoms with Crippen molar-refractivity contribution in [2.75, 3.05) is 39.3 Å². The van der Waals surface area contributed by atoms with Crippen LogP contribution in [-0.4, -0.2) is 149 Å². The number of β-amino-alcohol motifs (C(OH)–C–C–N with tert-alkyl or cyclic N) is 1. The van der Waals surface area contributed by atoms with E-state index in [1.165, 1.54) is 9.78 Å². The number of piperazine rings is 1. The molecule has 72 heavy (non-hydrogen) atoms. The van der Waals surface area contributed by atoms with E-state index in [1.807, 2.05) is 100 Å². The predicted octanol–water partition coefficient (Wildman–Crippen LogP) is 6.35. The number of halogens is 1. The predicted molar refractivity (Wildman–Crippen MR) is 280 cm³/mol. The fourth-order valence-electron chi connectivity index (χ4n) is 11.2. The topological polar surface area (TPSA) is 181 Å². The molecule has 0 spiro atoms. The van der Waals surface area contributed by atoms with Gasteiger partial charge in [-0.3, -0.25) is 38.5 Å². The Morgan fingerprint density at radius 1 is 0.889 bits per heavy atom. The Hall–Kier alpha value is -5.37. The van der Waals surface area contributed by atoms with E-state index in [4.69, 9.17) is 16.6 Å². The summed E-state index contributed by atoms with van der Waals surface area (Å²) < 4.78 is 2.08. The summed E-state index contributed by atoms with van der Waals surface area (Å²) in [5, 5.41) is 27.6. The molecule has 5 aromatic rings. The molecule has 7 atom stereocenters. The van der Waals surface area contributed by atoms with Gasteiger partial charge in [0.2, 0.25) is 23.6 Å². The first-order valence-electron chi connectivity index (χ1n) is 25.1. The van der Waals surface area contributed by atoms with Crippen molar-refractivity contribution >= 4 is 63.6 Å². The van der Waals surface area contributed by atoms with Crippen LogP contribution < -0.4 is 10.6 Å². The first-order valence-corrected chi connectivity index (χ1v) is 27.1. The van der Waals surface area contributed by atoms with Gasteiger partial charge in [0.05, 0.1) is 52.9 Å². The minimum atomic E-state index is -0.907. The minimum absolute atomic E-state index is 0.00909. The summed E-state index contributed by atoms with van der Waals surface area (Å²) in [6.45, 7) is 18.9. The fraction of sp³-hybridized carbons (Fsp3) is 0.509. The molecule has 0 aliphatic carbocycles. The van der Waals surface area contributed by atoms with E-state index in [1.54, 1.807) is 22.7 Å². The first kappa shape index (κ1) is 50.2. The number of nitrogens with zero attached hydrogens (tertiary/aromatic N) is 9. The number of aliphatic hydroxyl groups excluding tert-OH is 1. The monoisotopic (exact) mass is 1030 g/mol. The van der Waals surface area contributed by atoms with Crippen molar-refractivity contribution in [3.8, 4) is 15.4 Å². The largest absolute Gasteiger partial charge is 0.391 e. The summed E-state index contributed by atoms with van der Waals surface area (Å²) in [5.41, 5.74) is 8.06. The van der Waals surface area contributed by atoms with Crippen LogP contribution in [0.25, 0.3) is 15.4 Å². The maximum atomic E-state index is 14.3. The van der Waals surface area contributed by atoms with Crippen LogP contribution in [0.3, 0.4) is 0 Å². The zero-order valence-electron chi connectivity index (χ0n) is 42.2. The van der Waals surface area contributed by atoms with Gasteiger partial charge in [-0.2, -0.15) is 0 Å². The number of benzene rings is 2. The highest BCUT2D eigenvalue weighted by Gasteiger charge is 2.55. The third-order valence-electron chi connectivity index (χ3n) is 15.6. The molecular weight excluding hydrogens is 970 g/mol. The van der Waals surface area contributed by atoms with Gasteiger partial charge in [-0.25, -0.2) is 4.98 Å². The second kappa shape index (κ2) is 19.8. The van der Waals surface area contributed by atoms with Gasteiger partial charge in [0, 0.05) is 72.3 Å². The van der Waals surface area contributed by atoms with Gasteiger partial charge in [-0.1, -0.05) is 68.8 Å². The Bertz CT molecular complexity index is 2920. The molecule has 1 unspecified atom stereocenters. The number of aliphatic hydroxyl groups is 1. The number of rotatable bonds is 12. The summed E-state index contributed by atoms with van der Waals surface area (Å²) in [7, 11) is 0. The number of thiophene rings is 1. The third kappa shape index (κ3) is 9.54. The van der Waals surface area contributed by atoms with Crippen molar-refractivity contribution in [2.24, 2.45) is 10.4 Å². The molecule has 0 bridgehead atoms. The van der Waals surface area contributed by atoms with Gasteiger partial charge in [0.1, 0.15) is 29.0 Å². The molecule has 3 N–H and O–H groups in total. The average Bonchev–Trinajstić information content (AvgIpc) is 4.11. The molecule has 3 aromatic heterocycles. The van der Waals surface area contributed by atoms with Crippen molar-refractivity contribution < 1.29 is 24.3 Å². The highest BCUT2D eigenvalue weighted by Crippen LogP contribution is 2.42. The van der Waals surface area contributed by atoms with Crippen molar-refractivity contribution in [1.82, 2.24) is 50.0 Å². The van der Waals surface area contributed by atoms with Gasteiger partial charge in [0.15, 0.2) is 5.82 Å². The number of fused-ring (bicyclic) bond motifs is 4. The van der Waals surface area contributed by atoms with Crippen LogP contribution in [0.2, 0.25) is 5.02 Å². The number of aliphatic imine (C=N–C) groups is 1. The molecule has 0 radical (unpaired) electrons. The second-order valence-corrected chi connectivity index (χ2v) is 23.9. The van der Waals surface area contributed by atoms with Gasteiger partial charge < -0.3 is 25.5 Å². The number of carbonyl (C=O) groups excluding carboxylic acids is 4. The summed E-state index contributed by atoms with van der Waals surface area (Å²) in [6.07, 6.45) is 1.23. The van der Waals surface area contributed by atoms with E-state index in [9.17, 15) is 24.3 Å². The van der Waals surface area contributed by atoms with Gasteiger partial charge >= 0.3 is 0 Å². The van der Waals surface area contributed by atoms with Gasteiger partial charge in [-0.05, 0) is 81.7 Å². The van der Waals surface area contributed by atoms with E-state index in [0.717, 1.165) is 87.4 Å². The number of aromatic nitrogens is 4. The normalized spacial score (nSPS) is 23.2. The molecule has 4 fully saturated rings. The number of carbonyl (C=O) groups is 4. The Kier molecular flexibility index (Phi) is 13.8. The third-order valence-corrected chi connectivity index (χ3v) is 18.0. The second-order valence-electron chi connectivity index (χ2n) is 21.4. The summed E-state index contributed by atoms with van der Waals surface area (Å²) in [6, 6.07) is 13.9. The van der Waals surface area contributed by atoms with Crippen molar-refractivity contribution in [2.45, 2.75) is 129 Å².